The summed E-state index contributed by atoms with van der Waals surface area (Å²) in [6.45, 7) is 6.17. The molecule has 0 aromatic heterocycles. The van der Waals surface area contributed by atoms with Crippen molar-refractivity contribution in [2.45, 2.75) is 20.8 Å². The van der Waals surface area contributed by atoms with Crippen molar-refractivity contribution in [3.63, 3.8) is 0 Å². The molecule has 1 atom stereocenters. The summed E-state index contributed by atoms with van der Waals surface area (Å²) in [5.41, 5.74) is 4.07. The molecule has 2 rings (SSSR count). The molecule has 0 saturated carbocycles. The molecule has 0 spiro atoms. The topological polar surface area (TPSA) is 35.5 Å². The van der Waals surface area contributed by atoms with Gasteiger partial charge >= 0.3 is 0 Å². The maximum absolute atomic E-state index is 12.8. The third kappa shape index (κ3) is 3.31. The van der Waals surface area contributed by atoms with Crippen molar-refractivity contribution < 1.29 is 14.3 Å². The van der Waals surface area contributed by atoms with Crippen LogP contribution in [-0.2, 0) is 0 Å². The van der Waals surface area contributed by atoms with Crippen molar-refractivity contribution in [1.29, 1.82) is 0 Å². The summed E-state index contributed by atoms with van der Waals surface area (Å²) in [5.74, 6) is 1.11. The van der Waals surface area contributed by atoms with Gasteiger partial charge in [0.1, 0.15) is 17.1 Å². The lowest BCUT2D eigenvalue weighted by Gasteiger charge is -2.14. The van der Waals surface area contributed by atoms with E-state index < -0.39 is 0 Å². The minimum absolute atomic E-state index is 0.0318. The molecule has 116 valence electrons. The SMILES string of the molecule is COc1cccc(OC)c1C(=O)Pc1c(C)cc(C)cc1C. The average molecular weight is 316 g/mol. The van der Waals surface area contributed by atoms with E-state index in [-0.39, 0.29) is 14.1 Å². The first-order valence-electron chi connectivity index (χ1n) is 7.08. The largest absolute Gasteiger partial charge is 0.496 e. The minimum Gasteiger partial charge on any atom is -0.496 e. The Morgan fingerprint density at radius 2 is 1.45 bits per heavy atom. The average Bonchev–Trinajstić information content (AvgIpc) is 2.49. The summed E-state index contributed by atoms with van der Waals surface area (Å²) in [4.78, 5) is 12.8. The van der Waals surface area contributed by atoms with Gasteiger partial charge in [-0.2, -0.15) is 0 Å². The van der Waals surface area contributed by atoms with Crippen LogP contribution in [0.3, 0.4) is 0 Å². The smallest absolute Gasteiger partial charge is 0.193 e. The van der Waals surface area contributed by atoms with E-state index in [4.69, 9.17) is 9.47 Å². The fourth-order valence-corrected chi connectivity index (χ4v) is 3.77. The molecule has 0 fully saturated rings. The van der Waals surface area contributed by atoms with Gasteiger partial charge in [0.2, 0.25) is 0 Å². The lowest BCUT2D eigenvalue weighted by atomic mass is 10.1. The molecule has 0 amide bonds. The normalized spacial score (nSPS) is 11.0. The molecule has 2 aromatic rings. The van der Waals surface area contributed by atoms with Gasteiger partial charge in [0.15, 0.2) is 5.52 Å². The van der Waals surface area contributed by atoms with Crippen LogP contribution in [0.4, 0.5) is 0 Å². The number of carbonyl (C=O) groups is 1. The van der Waals surface area contributed by atoms with Crippen LogP contribution in [0.2, 0.25) is 0 Å². The van der Waals surface area contributed by atoms with Gasteiger partial charge in [-0.05, 0) is 57.9 Å². The van der Waals surface area contributed by atoms with Crippen LogP contribution in [0, 0.1) is 20.8 Å². The van der Waals surface area contributed by atoms with Gasteiger partial charge in [-0.1, -0.05) is 23.8 Å². The predicted molar refractivity (Wildman–Crippen MR) is 92.5 cm³/mol. The van der Waals surface area contributed by atoms with Crippen molar-refractivity contribution >= 4 is 19.4 Å². The highest BCUT2D eigenvalue weighted by atomic mass is 31.1. The number of carbonyl (C=O) groups excluding carboxylic acids is 1. The van der Waals surface area contributed by atoms with Gasteiger partial charge in [0.25, 0.3) is 0 Å². The molecule has 3 nitrogen and oxygen atoms in total. The van der Waals surface area contributed by atoms with Crippen LogP contribution in [0.5, 0.6) is 11.5 Å². The third-order valence-corrected chi connectivity index (χ3v) is 5.09. The Morgan fingerprint density at radius 1 is 0.955 bits per heavy atom. The molecule has 0 saturated heterocycles. The minimum atomic E-state index is 0.0318. The zero-order chi connectivity index (χ0) is 16.3. The van der Waals surface area contributed by atoms with Crippen LogP contribution in [0.1, 0.15) is 27.0 Å². The maximum Gasteiger partial charge on any atom is 0.193 e. The second-order valence-corrected chi connectivity index (χ2v) is 6.47. The number of hydrogen-bond donors (Lipinski definition) is 0. The molecule has 0 aliphatic carbocycles. The Hall–Kier alpha value is -1.86. The highest BCUT2D eigenvalue weighted by molar-refractivity contribution is 7.66. The molecule has 0 N–H and O–H groups in total. The summed E-state index contributed by atoms with van der Waals surface area (Å²) in [7, 11) is 3.18. The Bertz CT molecular complexity index is 662. The van der Waals surface area contributed by atoms with Crippen LogP contribution < -0.4 is 14.8 Å². The van der Waals surface area contributed by atoms with E-state index >= 15 is 0 Å². The van der Waals surface area contributed by atoms with Crippen molar-refractivity contribution in [1.82, 2.24) is 0 Å². The highest BCUT2D eigenvalue weighted by Gasteiger charge is 2.20. The third-order valence-electron chi connectivity index (χ3n) is 3.57. The van der Waals surface area contributed by atoms with Crippen LogP contribution in [-0.4, -0.2) is 19.7 Å². The molecule has 22 heavy (non-hydrogen) atoms. The Morgan fingerprint density at radius 3 is 1.91 bits per heavy atom. The first kappa shape index (κ1) is 16.5. The van der Waals surface area contributed by atoms with E-state index in [1.165, 1.54) is 5.56 Å². The van der Waals surface area contributed by atoms with E-state index in [2.05, 4.69) is 32.9 Å². The number of rotatable bonds is 5. The summed E-state index contributed by atoms with van der Waals surface area (Å²) in [6, 6.07) is 9.62. The maximum atomic E-state index is 12.8. The summed E-state index contributed by atoms with van der Waals surface area (Å²) < 4.78 is 10.7. The quantitative estimate of drug-likeness (QED) is 0.788. The summed E-state index contributed by atoms with van der Waals surface area (Å²) >= 11 is 0. The Labute approximate surface area is 133 Å². The van der Waals surface area contributed by atoms with Gasteiger partial charge in [0, 0.05) is 0 Å². The second kappa shape index (κ2) is 6.93. The molecule has 0 aliphatic rings. The van der Waals surface area contributed by atoms with Crippen molar-refractivity contribution in [3.8, 4) is 11.5 Å². The zero-order valence-corrected chi connectivity index (χ0v) is 14.6. The van der Waals surface area contributed by atoms with Gasteiger partial charge in [-0.3, -0.25) is 4.79 Å². The van der Waals surface area contributed by atoms with Crippen LogP contribution >= 0.6 is 8.58 Å². The fraction of sp³-hybridized carbons (Fsp3) is 0.278. The molecule has 0 bridgehead atoms. The van der Waals surface area contributed by atoms with Gasteiger partial charge in [-0.15, -0.1) is 0 Å². The van der Waals surface area contributed by atoms with E-state index in [1.807, 2.05) is 6.07 Å². The zero-order valence-electron chi connectivity index (χ0n) is 13.6. The molecule has 2 aromatic carbocycles. The monoisotopic (exact) mass is 316 g/mol. The predicted octanol–water partition coefficient (Wildman–Crippen LogP) is 3.77. The Kier molecular flexibility index (Phi) is 5.20. The fourth-order valence-electron chi connectivity index (χ4n) is 2.63. The van der Waals surface area contributed by atoms with Crippen LogP contribution in [0.15, 0.2) is 30.3 Å². The molecule has 0 radical (unpaired) electrons. The van der Waals surface area contributed by atoms with E-state index in [1.54, 1.807) is 26.4 Å². The van der Waals surface area contributed by atoms with E-state index in [0.717, 1.165) is 16.4 Å². The molecule has 4 heteroatoms. The van der Waals surface area contributed by atoms with Crippen molar-refractivity contribution in [2.24, 2.45) is 0 Å². The summed E-state index contributed by atoms with van der Waals surface area (Å²) in [6.07, 6.45) is 0. The van der Waals surface area contributed by atoms with Crippen molar-refractivity contribution in [3.05, 3.63) is 52.6 Å². The van der Waals surface area contributed by atoms with E-state index in [0.29, 0.717) is 17.1 Å². The van der Waals surface area contributed by atoms with E-state index in [9.17, 15) is 4.79 Å². The molecular weight excluding hydrogens is 295 g/mol. The standard InChI is InChI=1S/C18H21O3P/c1-11-9-12(2)17(13(3)10-11)22-18(19)16-14(20-4)7-6-8-15(16)21-5/h6-10,22H,1-5H3. The van der Waals surface area contributed by atoms with Crippen molar-refractivity contribution in [2.75, 3.05) is 14.2 Å². The van der Waals surface area contributed by atoms with Gasteiger partial charge in [-0.25, -0.2) is 0 Å². The summed E-state index contributed by atoms with van der Waals surface area (Å²) in [5, 5.41) is 1.10. The number of ether oxygens (including phenoxy) is 2. The molecular formula is C18H21O3P. The molecule has 1 unspecified atom stereocenters. The lowest BCUT2D eigenvalue weighted by molar-refractivity contribution is 0.108. The number of hydrogen-bond acceptors (Lipinski definition) is 3. The highest BCUT2D eigenvalue weighted by Crippen LogP contribution is 2.34. The molecule has 0 aliphatic heterocycles. The van der Waals surface area contributed by atoms with Gasteiger partial charge in [0.05, 0.1) is 14.2 Å². The first-order chi connectivity index (χ1) is 10.5. The number of methoxy groups -OCH3 is 2. The van der Waals surface area contributed by atoms with Gasteiger partial charge < -0.3 is 9.47 Å². The second-order valence-electron chi connectivity index (χ2n) is 5.27. The Balaban J connectivity index is 2.42. The molecule has 0 heterocycles. The van der Waals surface area contributed by atoms with Crippen LogP contribution in [0.25, 0.3) is 0 Å². The lowest BCUT2D eigenvalue weighted by Crippen LogP contribution is -2.10. The number of aryl methyl sites for hydroxylation is 3. The first-order valence-corrected chi connectivity index (χ1v) is 8.08. The number of benzene rings is 2.